The van der Waals surface area contributed by atoms with E-state index in [1.165, 1.54) is 19.2 Å². The van der Waals surface area contributed by atoms with Crippen molar-refractivity contribution in [2.24, 2.45) is 0 Å². The van der Waals surface area contributed by atoms with Gasteiger partial charge in [-0.3, -0.25) is 5.10 Å². The molecule has 1 unspecified atom stereocenters. The van der Waals surface area contributed by atoms with Crippen molar-refractivity contribution in [2.45, 2.75) is 11.8 Å². The Balaban J connectivity index is 1.61. The van der Waals surface area contributed by atoms with Gasteiger partial charge >= 0.3 is 0 Å². The van der Waals surface area contributed by atoms with Gasteiger partial charge in [-0.2, -0.15) is 10.1 Å². The molecule has 0 aliphatic carbocycles. The summed E-state index contributed by atoms with van der Waals surface area (Å²) in [4.78, 5) is 11.0. The maximum Gasteiger partial charge on any atom is 0.229 e. The summed E-state index contributed by atoms with van der Waals surface area (Å²) < 4.78 is 25.8. The molecule has 10 heteroatoms. The third kappa shape index (κ3) is 3.82. The first-order valence-electron chi connectivity index (χ1n) is 9.03. The number of aromatic nitrogens is 4. The molecule has 4 aromatic rings. The van der Waals surface area contributed by atoms with Crippen LogP contribution in [0.15, 0.2) is 53.6 Å². The number of benzene rings is 2. The SMILES string of the molecule is COc1cc(S(=O)O)ccc1Nc1nccc(N(C)c2ccc3c(C)[nH]nc3c2)n1. The Morgan fingerprint density at radius 3 is 2.80 bits per heavy atom. The van der Waals surface area contributed by atoms with Crippen molar-refractivity contribution in [1.29, 1.82) is 0 Å². The summed E-state index contributed by atoms with van der Waals surface area (Å²) in [5, 5.41) is 11.5. The minimum atomic E-state index is -2.09. The molecule has 0 aliphatic rings. The number of nitrogens with one attached hydrogen (secondary N) is 2. The van der Waals surface area contributed by atoms with Crippen molar-refractivity contribution in [1.82, 2.24) is 20.2 Å². The fourth-order valence-electron chi connectivity index (χ4n) is 3.07. The van der Waals surface area contributed by atoms with E-state index < -0.39 is 11.1 Å². The first-order valence-corrected chi connectivity index (χ1v) is 10.1. The molecule has 2 aromatic heterocycles. The molecule has 1 atom stereocenters. The minimum Gasteiger partial charge on any atom is -0.495 e. The molecule has 0 radical (unpaired) electrons. The smallest absolute Gasteiger partial charge is 0.229 e. The van der Waals surface area contributed by atoms with Gasteiger partial charge in [0.15, 0.2) is 11.1 Å². The van der Waals surface area contributed by atoms with Crippen LogP contribution in [0.2, 0.25) is 0 Å². The van der Waals surface area contributed by atoms with Gasteiger partial charge < -0.3 is 19.5 Å². The first kappa shape index (κ1) is 19.8. The molecule has 0 amide bonds. The summed E-state index contributed by atoms with van der Waals surface area (Å²) in [5.41, 5.74) is 3.43. The molecule has 9 nitrogen and oxygen atoms in total. The van der Waals surface area contributed by atoms with E-state index in [1.807, 2.05) is 37.1 Å². The van der Waals surface area contributed by atoms with E-state index in [-0.39, 0.29) is 4.90 Å². The molecule has 2 aromatic carbocycles. The molecule has 154 valence electrons. The summed E-state index contributed by atoms with van der Waals surface area (Å²) in [6, 6.07) is 12.5. The number of rotatable bonds is 6. The van der Waals surface area contributed by atoms with Gasteiger partial charge in [-0.25, -0.2) is 9.19 Å². The Hall–Kier alpha value is -3.50. The van der Waals surface area contributed by atoms with Crippen molar-refractivity contribution < 1.29 is 13.5 Å². The van der Waals surface area contributed by atoms with Crippen LogP contribution in [0.5, 0.6) is 5.75 Å². The van der Waals surface area contributed by atoms with Gasteiger partial charge in [0.2, 0.25) is 5.95 Å². The molecule has 0 aliphatic heterocycles. The fourth-order valence-corrected chi connectivity index (χ4v) is 3.47. The number of hydrogen-bond acceptors (Lipinski definition) is 7. The van der Waals surface area contributed by atoms with Gasteiger partial charge in [0, 0.05) is 36.1 Å². The van der Waals surface area contributed by atoms with Gasteiger partial charge in [-0.1, -0.05) is 0 Å². The van der Waals surface area contributed by atoms with Crippen LogP contribution in [0.3, 0.4) is 0 Å². The first-order chi connectivity index (χ1) is 14.5. The Bertz CT molecular complexity index is 1240. The molecule has 0 spiro atoms. The van der Waals surface area contributed by atoms with Gasteiger partial charge in [-0.15, -0.1) is 0 Å². The highest BCUT2D eigenvalue weighted by Crippen LogP contribution is 2.30. The molecule has 0 saturated carbocycles. The van der Waals surface area contributed by atoms with Crippen molar-refractivity contribution in [2.75, 3.05) is 24.4 Å². The van der Waals surface area contributed by atoms with Gasteiger partial charge in [0.1, 0.15) is 11.6 Å². The quantitative estimate of drug-likeness (QED) is 0.401. The molecular formula is C20H20N6O3S. The van der Waals surface area contributed by atoms with E-state index in [0.29, 0.717) is 23.2 Å². The van der Waals surface area contributed by atoms with E-state index in [1.54, 1.807) is 18.3 Å². The lowest BCUT2D eigenvalue weighted by atomic mass is 10.2. The Morgan fingerprint density at radius 1 is 1.20 bits per heavy atom. The van der Waals surface area contributed by atoms with Crippen LogP contribution in [-0.4, -0.2) is 43.1 Å². The average Bonchev–Trinajstić information content (AvgIpc) is 3.13. The second kappa shape index (κ2) is 8.09. The summed E-state index contributed by atoms with van der Waals surface area (Å²) in [6.45, 7) is 1.99. The molecule has 30 heavy (non-hydrogen) atoms. The van der Waals surface area contributed by atoms with Crippen LogP contribution in [0.4, 0.5) is 23.1 Å². The number of anilines is 4. The number of H-pyrrole nitrogens is 1. The molecule has 2 heterocycles. The van der Waals surface area contributed by atoms with E-state index >= 15 is 0 Å². The van der Waals surface area contributed by atoms with Gasteiger partial charge in [0.05, 0.1) is 23.2 Å². The number of methoxy groups -OCH3 is 1. The predicted molar refractivity (Wildman–Crippen MR) is 116 cm³/mol. The van der Waals surface area contributed by atoms with Crippen LogP contribution in [0, 0.1) is 6.92 Å². The monoisotopic (exact) mass is 424 g/mol. The van der Waals surface area contributed by atoms with E-state index in [2.05, 4.69) is 25.5 Å². The van der Waals surface area contributed by atoms with Crippen molar-refractivity contribution in [3.8, 4) is 5.75 Å². The number of hydrogen-bond donors (Lipinski definition) is 3. The number of fused-ring (bicyclic) bond motifs is 1. The molecule has 4 rings (SSSR count). The zero-order valence-corrected chi connectivity index (χ0v) is 17.4. The van der Waals surface area contributed by atoms with Crippen LogP contribution in [-0.2, 0) is 11.1 Å². The van der Waals surface area contributed by atoms with Gasteiger partial charge in [0.25, 0.3) is 0 Å². The summed E-state index contributed by atoms with van der Waals surface area (Å²) in [5.74, 6) is 1.47. The topological polar surface area (TPSA) is 116 Å². The standard InChI is InChI=1S/C20H20N6O3S/c1-12-15-6-4-13(10-17(15)25-24-12)26(2)19-8-9-21-20(23-19)22-16-7-5-14(30(27)28)11-18(16)29-3/h4-11H,1-3H3,(H,24,25)(H,27,28)(H,21,22,23). The van der Waals surface area contributed by atoms with Crippen LogP contribution >= 0.6 is 0 Å². The lowest BCUT2D eigenvalue weighted by molar-refractivity contribution is 0.415. The van der Waals surface area contributed by atoms with Crippen LogP contribution in [0.1, 0.15) is 5.69 Å². The third-order valence-electron chi connectivity index (χ3n) is 4.72. The number of nitrogens with zero attached hydrogens (tertiary/aromatic N) is 4. The summed E-state index contributed by atoms with van der Waals surface area (Å²) in [7, 11) is 3.40. The molecule has 3 N–H and O–H groups in total. The molecule has 0 bridgehead atoms. The van der Waals surface area contributed by atoms with E-state index in [0.717, 1.165) is 22.3 Å². The molecule has 0 saturated heterocycles. The van der Waals surface area contributed by atoms with Crippen LogP contribution in [0.25, 0.3) is 10.9 Å². The Kier molecular flexibility index (Phi) is 5.34. The van der Waals surface area contributed by atoms with Gasteiger partial charge in [-0.05, 0) is 43.3 Å². The molecule has 0 fully saturated rings. The summed E-state index contributed by atoms with van der Waals surface area (Å²) in [6.07, 6.45) is 1.65. The maximum absolute atomic E-state index is 11.3. The Labute approximate surface area is 175 Å². The highest BCUT2D eigenvalue weighted by atomic mass is 32.2. The third-order valence-corrected chi connectivity index (χ3v) is 5.38. The maximum atomic E-state index is 11.3. The second-order valence-electron chi connectivity index (χ2n) is 6.58. The van der Waals surface area contributed by atoms with Crippen molar-refractivity contribution in [3.63, 3.8) is 0 Å². The second-order valence-corrected chi connectivity index (χ2v) is 7.55. The zero-order valence-electron chi connectivity index (χ0n) is 16.6. The Morgan fingerprint density at radius 2 is 2.03 bits per heavy atom. The predicted octanol–water partition coefficient (Wildman–Crippen LogP) is 3.76. The largest absolute Gasteiger partial charge is 0.495 e. The average molecular weight is 424 g/mol. The molecular weight excluding hydrogens is 404 g/mol. The van der Waals surface area contributed by atoms with E-state index in [9.17, 15) is 8.76 Å². The summed E-state index contributed by atoms with van der Waals surface area (Å²) >= 11 is -2.09. The number of aromatic amines is 1. The van der Waals surface area contributed by atoms with Crippen LogP contribution < -0.4 is 15.0 Å². The van der Waals surface area contributed by atoms with Crippen molar-refractivity contribution in [3.05, 3.63) is 54.4 Å². The normalized spacial score (nSPS) is 12.0. The fraction of sp³-hybridized carbons (Fsp3) is 0.150. The zero-order chi connectivity index (χ0) is 21.3. The lowest BCUT2D eigenvalue weighted by Crippen LogP contribution is -2.12. The van der Waals surface area contributed by atoms with E-state index in [4.69, 9.17) is 4.74 Å². The number of aryl methyl sites for hydroxylation is 1. The minimum absolute atomic E-state index is 0.246. The lowest BCUT2D eigenvalue weighted by Gasteiger charge is -2.19. The highest BCUT2D eigenvalue weighted by Gasteiger charge is 2.12. The highest BCUT2D eigenvalue weighted by molar-refractivity contribution is 7.79. The number of ether oxygens (including phenoxy) is 1. The van der Waals surface area contributed by atoms with Crippen molar-refractivity contribution >= 4 is 45.1 Å².